The second-order valence-electron chi connectivity index (χ2n) is 4.98. The Kier molecular flexibility index (Phi) is 3.79. The van der Waals surface area contributed by atoms with Gasteiger partial charge in [0.15, 0.2) is 0 Å². The topological polar surface area (TPSA) is 43.8 Å². The summed E-state index contributed by atoms with van der Waals surface area (Å²) in [5, 5.41) is 0.993. The van der Waals surface area contributed by atoms with Gasteiger partial charge in [0, 0.05) is 0 Å². The SMILES string of the molecule is CCc1ccc(Cn2c(N)nc3cc(Cl)c(Cl)cc32)cc1. The molecule has 0 amide bonds. The van der Waals surface area contributed by atoms with Crippen molar-refractivity contribution >= 4 is 40.2 Å². The van der Waals surface area contributed by atoms with Crippen molar-refractivity contribution in [3.63, 3.8) is 0 Å². The fourth-order valence-corrected chi connectivity index (χ4v) is 2.68. The lowest BCUT2D eigenvalue weighted by Crippen LogP contribution is -2.04. The van der Waals surface area contributed by atoms with Crippen molar-refractivity contribution in [1.29, 1.82) is 0 Å². The highest BCUT2D eigenvalue weighted by Crippen LogP contribution is 2.29. The Hall–Kier alpha value is -1.71. The number of nitrogens with zero attached hydrogens (tertiary/aromatic N) is 2. The minimum atomic E-state index is 0.461. The van der Waals surface area contributed by atoms with E-state index < -0.39 is 0 Å². The van der Waals surface area contributed by atoms with Crippen molar-refractivity contribution in [3.8, 4) is 0 Å². The monoisotopic (exact) mass is 319 g/mol. The Morgan fingerprint density at radius 3 is 2.33 bits per heavy atom. The number of hydrogen-bond acceptors (Lipinski definition) is 2. The quantitative estimate of drug-likeness (QED) is 0.770. The summed E-state index contributed by atoms with van der Waals surface area (Å²) in [5.41, 5.74) is 10.2. The highest BCUT2D eigenvalue weighted by atomic mass is 35.5. The minimum Gasteiger partial charge on any atom is -0.369 e. The standard InChI is InChI=1S/C16H15Cl2N3/c1-2-10-3-5-11(6-4-10)9-21-15-8-13(18)12(17)7-14(15)20-16(21)19/h3-8H,2,9H2,1H3,(H2,19,20). The maximum absolute atomic E-state index is 6.10. The lowest BCUT2D eigenvalue weighted by Gasteiger charge is -2.08. The molecule has 0 aliphatic carbocycles. The average Bonchev–Trinajstić information content (AvgIpc) is 2.76. The summed E-state index contributed by atoms with van der Waals surface area (Å²) in [5.74, 6) is 0.461. The Bertz CT molecular complexity index is 791. The van der Waals surface area contributed by atoms with E-state index in [1.165, 1.54) is 11.1 Å². The number of nitrogens with two attached hydrogens (primary N) is 1. The summed E-state index contributed by atoms with van der Waals surface area (Å²) >= 11 is 12.1. The Morgan fingerprint density at radius 2 is 1.67 bits per heavy atom. The first-order valence-corrected chi connectivity index (χ1v) is 7.52. The van der Waals surface area contributed by atoms with Crippen LogP contribution in [0.1, 0.15) is 18.1 Å². The molecule has 0 saturated carbocycles. The van der Waals surface area contributed by atoms with Gasteiger partial charge in [-0.25, -0.2) is 4.98 Å². The maximum atomic E-state index is 6.10. The molecule has 3 aromatic rings. The largest absolute Gasteiger partial charge is 0.369 e. The van der Waals surface area contributed by atoms with Crippen LogP contribution in [0.3, 0.4) is 0 Å². The van der Waals surface area contributed by atoms with Crippen LogP contribution in [0.2, 0.25) is 10.0 Å². The van der Waals surface area contributed by atoms with Gasteiger partial charge in [-0.1, -0.05) is 54.4 Å². The van der Waals surface area contributed by atoms with E-state index in [1.54, 1.807) is 6.07 Å². The fraction of sp³-hybridized carbons (Fsp3) is 0.188. The van der Waals surface area contributed by atoms with E-state index in [0.717, 1.165) is 17.5 Å². The molecule has 1 heterocycles. The lowest BCUT2D eigenvalue weighted by atomic mass is 10.1. The number of imidazole rings is 1. The number of aryl methyl sites for hydroxylation is 1. The van der Waals surface area contributed by atoms with Gasteiger partial charge in [0.05, 0.1) is 27.6 Å². The molecule has 0 atom stereocenters. The van der Waals surface area contributed by atoms with E-state index >= 15 is 0 Å². The van der Waals surface area contributed by atoms with Gasteiger partial charge in [-0.3, -0.25) is 0 Å². The molecular formula is C16H15Cl2N3. The molecular weight excluding hydrogens is 305 g/mol. The molecule has 0 bridgehead atoms. The average molecular weight is 320 g/mol. The summed E-state index contributed by atoms with van der Waals surface area (Å²) in [6.07, 6.45) is 1.03. The number of aromatic nitrogens is 2. The van der Waals surface area contributed by atoms with Crippen molar-refractivity contribution in [2.75, 3.05) is 5.73 Å². The van der Waals surface area contributed by atoms with Crippen LogP contribution in [0.5, 0.6) is 0 Å². The minimum absolute atomic E-state index is 0.461. The number of halogens is 2. The molecule has 0 radical (unpaired) electrons. The van der Waals surface area contributed by atoms with Crippen LogP contribution in [-0.4, -0.2) is 9.55 Å². The van der Waals surface area contributed by atoms with Gasteiger partial charge in [-0.05, 0) is 29.7 Å². The van der Waals surface area contributed by atoms with Gasteiger partial charge in [0.2, 0.25) is 5.95 Å². The molecule has 0 aliphatic heterocycles. The third-order valence-corrected chi connectivity index (χ3v) is 4.31. The van der Waals surface area contributed by atoms with Gasteiger partial charge in [0.1, 0.15) is 0 Å². The zero-order valence-electron chi connectivity index (χ0n) is 11.6. The summed E-state index contributed by atoms with van der Waals surface area (Å²) < 4.78 is 1.94. The molecule has 0 fully saturated rings. The molecule has 5 heteroatoms. The molecule has 21 heavy (non-hydrogen) atoms. The summed E-state index contributed by atoms with van der Waals surface area (Å²) in [6, 6.07) is 12.0. The van der Waals surface area contributed by atoms with E-state index in [1.807, 2.05) is 10.6 Å². The van der Waals surface area contributed by atoms with Crippen LogP contribution in [-0.2, 0) is 13.0 Å². The van der Waals surface area contributed by atoms with Gasteiger partial charge in [0.25, 0.3) is 0 Å². The smallest absolute Gasteiger partial charge is 0.201 e. The summed E-state index contributed by atoms with van der Waals surface area (Å²) in [6.45, 7) is 2.80. The molecule has 2 aromatic carbocycles. The van der Waals surface area contributed by atoms with E-state index in [-0.39, 0.29) is 0 Å². The van der Waals surface area contributed by atoms with Crippen LogP contribution < -0.4 is 5.73 Å². The zero-order valence-corrected chi connectivity index (χ0v) is 13.1. The van der Waals surface area contributed by atoms with E-state index in [9.17, 15) is 0 Å². The summed E-state index contributed by atoms with van der Waals surface area (Å²) in [4.78, 5) is 4.34. The van der Waals surface area contributed by atoms with Crippen molar-refractivity contribution in [3.05, 3.63) is 57.6 Å². The molecule has 2 N–H and O–H groups in total. The lowest BCUT2D eigenvalue weighted by molar-refractivity contribution is 0.837. The third-order valence-electron chi connectivity index (χ3n) is 3.59. The number of benzene rings is 2. The number of hydrogen-bond donors (Lipinski definition) is 1. The zero-order chi connectivity index (χ0) is 15.0. The first-order valence-electron chi connectivity index (χ1n) is 6.77. The number of nitrogen functional groups attached to an aromatic ring is 1. The molecule has 0 aliphatic rings. The predicted molar refractivity (Wildman–Crippen MR) is 89.1 cm³/mol. The molecule has 3 nitrogen and oxygen atoms in total. The Morgan fingerprint density at radius 1 is 1.05 bits per heavy atom. The Balaban J connectivity index is 2.03. The van der Waals surface area contributed by atoms with E-state index in [4.69, 9.17) is 28.9 Å². The Labute approximate surface area is 133 Å². The molecule has 3 rings (SSSR count). The van der Waals surface area contributed by atoms with Crippen molar-refractivity contribution in [2.24, 2.45) is 0 Å². The normalized spacial score (nSPS) is 11.2. The van der Waals surface area contributed by atoms with Crippen molar-refractivity contribution < 1.29 is 0 Å². The second-order valence-corrected chi connectivity index (χ2v) is 5.80. The molecule has 0 unspecified atom stereocenters. The maximum Gasteiger partial charge on any atom is 0.201 e. The molecule has 108 valence electrons. The highest BCUT2D eigenvalue weighted by Gasteiger charge is 2.11. The van der Waals surface area contributed by atoms with E-state index in [2.05, 4.69) is 36.2 Å². The molecule has 0 saturated heterocycles. The molecule has 1 aromatic heterocycles. The van der Waals surface area contributed by atoms with Crippen LogP contribution in [0.25, 0.3) is 11.0 Å². The van der Waals surface area contributed by atoms with Crippen LogP contribution in [0.4, 0.5) is 5.95 Å². The van der Waals surface area contributed by atoms with Crippen LogP contribution >= 0.6 is 23.2 Å². The second kappa shape index (κ2) is 5.58. The number of rotatable bonds is 3. The number of anilines is 1. The fourth-order valence-electron chi connectivity index (χ4n) is 2.37. The summed E-state index contributed by atoms with van der Waals surface area (Å²) in [7, 11) is 0. The molecule has 0 spiro atoms. The van der Waals surface area contributed by atoms with Crippen LogP contribution in [0.15, 0.2) is 36.4 Å². The highest BCUT2D eigenvalue weighted by molar-refractivity contribution is 6.42. The van der Waals surface area contributed by atoms with Gasteiger partial charge >= 0.3 is 0 Å². The van der Waals surface area contributed by atoms with Crippen LogP contribution in [0, 0.1) is 0 Å². The predicted octanol–water partition coefficient (Wildman–Crippen LogP) is 4.54. The van der Waals surface area contributed by atoms with Gasteiger partial charge < -0.3 is 10.3 Å². The van der Waals surface area contributed by atoms with Crippen molar-refractivity contribution in [1.82, 2.24) is 9.55 Å². The van der Waals surface area contributed by atoms with Crippen molar-refractivity contribution in [2.45, 2.75) is 19.9 Å². The van der Waals surface area contributed by atoms with E-state index in [0.29, 0.717) is 22.5 Å². The number of fused-ring (bicyclic) bond motifs is 1. The van der Waals surface area contributed by atoms with Gasteiger partial charge in [-0.2, -0.15) is 0 Å². The first kappa shape index (κ1) is 14.2. The van der Waals surface area contributed by atoms with Gasteiger partial charge in [-0.15, -0.1) is 0 Å². The third kappa shape index (κ3) is 2.71. The first-order chi connectivity index (χ1) is 10.1.